The van der Waals surface area contributed by atoms with Crippen LogP contribution >= 0.6 is 0 Å². The van der Waals surface area contributed by atoms with Crippen molar-refractivity contribution in [2.75, 3.05) is 0 Å². The van der Waals surface area contributed by atoms with Gasteiger partial charge in [-0.15, -0.1) is 0 Å². The molecule has 0 aliphatic carbocycles. The van der Waals surface area contributed by atoms with Crippen LogP contribution in [0.1, 0.15) is 188 Å². The number of carbonyl (C=O) groups excluding carboxylic acids is 5. The maximum Gasteiger partial charge on any atom is 0.514 e. The zero-order valence-corrected chi connectivity index (χ0v) is 40.0. The highest BCUT2D eigenvalue weighted by molar-refractivity contribution is 5.90. The quantitative estimate of drug-likeness (QED) is 0.0323. The van der Waals surface area contributed by atoms with E-state index in [9.17, 15) is 28.8 Å². The number of benzene rings is 1. The first-order valence-corrected chi connectivity index (χ1v) is 23.9. The lowest BCUT2D eigenvalue weighted by Gasteiger charge is -2.35. The minimum Gasteiger partial charge on any atom is -0.458 e. The van der Waals surface area contributed by atoms with Gasteiger partial charge in [-0.3, -0.25) is 14.4 Å². The van der Waals surface area contributed by atoms with Crippen LogP contribution in [-0.2, 0) is 56.9 Å². The second-order valence-electron chi connectivity index (χ2n) is 19.5. The molecule has 0 spiro atoms. The van der Waals surface area contributed by atoms with Crippen molar-refractivity contribution < 1.29 is 47.7 Å². The summed E-state index contributed by atoms with van der Waals surface area (Å²) in [4.78, 5) is 84.9. The fourth-order valence-corrected chi connectivity index (χ4v) is 8.44. The molecule has 0 bridgehead atoms. The molecule has 0 saturated carbocycles. The number of amides is 1. The lowest BCUT2D eigenvalue weighted by molar-refractivity contribution is -0.189. The molecule has 4 heterocycles. The van der Waals surface area contributed by atoms with Crippen molar-refractivity contribution in [3.8, 4) is 17.1 Å². The average Bonchev–Trinajstić information content (AvgIpc) is 3.59. The topological polar surface area (TPSA) is 178 Å². The highest BCUT2D eigenvalue weighted by Crippen LogP contribution is 2.41. The summed E-state index contributed by atoms with van der Waals surface area (Å²) in [6.45, 7) is 14.3. The van der Waals surface area contributed by atoms with Gasteiger partial charge in [0.2, 0.25) is 11.5 Å². The Morgan fingerprint density at radius 1 is 0.800 bits per heavy atom. The van der Waals surface area contributed by atoms with Gasteiger partial charge in [0.25, 0.3) is 5.56 Å². The highest BCUT2D eigenvalue weighted by Gasteiger charge is 2.50. The number of aromatic nitrogens is 2. The molecule has 0 fully saturated rings. The molecule has 14 heteroatoms. The fourth-order valence-electron chi connectivity index (χ4n) is 8.44. The Kier molecular flexibility index (Phi) is 17.8. The van der Waals surface area contributed by atoms with E-state index in [4.69, 9.17) is 28.7 Å². The zero-order chi connectivity index (χ0) is 47.4. The molecule has 0 saturated heterocycles. The van der Waals surface area contributed by atoms with E-state index in [1.165, 1.54) is 64.2 Å². The summed E-state index contributed by atoms with van der Waals surface area (Å²) in [5, 5.41) is 3.45. The Bertz CT molecular complexity index is 2230. The van der Waals surface area contributed by atoms with Gasteiger partial charge in [-0.05, 0) is 84.7 Å². The number of nitrogens with zero attached hydrogens (tertiary/aromatic N) is 2. The van der Waals surface area contributed by atoms with Crippen molar-refractivity contribution in [2.45, 2.75) is 207 Å². The first-order valence-electron chi connectivity index (χ1n) is 23.9. The summed E-state index contributed by atoms with van der Waals surface area (Å²) < 4.78 is 29.3. The van der Waals surface area contributed by atoms with Crippen LogP contribution in [0, 0.1) is 0 Å². The summed E-state index contributed by atoms with van der Waals surface area (Å²) in [5.41, 5.74) is -1.22. The van der Waals surface area contributed by atoms with Gasteiger partial charge in [-0.1, -0.05) is 104 Å². The van der Waals surface area contributed by atoms with Gasteiger partial charge >= 0.3 is 24.1 Å². The number of hydrogen-bond donors (Lipinski definition) is 1. The van der Waals surface area contributed by atoms with Gasteiger partial charge in [0.05, 0.1) is 35.4 Å². The van der Waals surface area contributed by atoms with Crippen LogP contribution in [0.25, 0.3) is 22.3 Å². The third-order valence-corrected chi connectivity index (χ3v) is 11.8. The number of pyridine rings is 2. The van der Waals surface area contributed by atoms with Crippen LogP contribution in [0.3, 0.4) is 0 Å². The zero-order valence-electron chi connectivity index (χ0n) is 40.0. The van der Waals surface area contributed by atoms with E-state index in [0.29, 0.717) is 28.7 Å². The lowest BCUT2D eigenvalue weighted by Crippen LogP contribution is -2.47. The van der Waals surface area contributed by atoms with E-state index < -0.39 is 64.8 Å². The number of esters is 3. The highest BCUT2D eigenvalue weighted by atomic mass is 16.7. The van der Waals surface area contributed by atoms with Crippen molar-refractivity contribution >= 4 is 40.9 Å². The minimum atomic E-state index is -1.95. The molecule has 356 valence electrons. The van der Waals surface area contributed by atoms with Crippen molar-refractivity contribution in [3.63, 3.8) is 0 Å². The summed E-state index contributed by atoms with van der Waals surface area (Å²) >= 11 is 0. The number of hydrogen-bond acceptors (Lipinski definition) is 12. The van der Waals surface area contributed by atoms with Crippen LogP contribution in [0.2, 0.25) is 0 Å². The molecular weight excluding hydrogens is 831 g/mol. The van der Waals surface area contributed by atoms with Gasteiger partial charge in [0.15, 0.2) is 0 Å². The Hall–Kier alpha value is -5.27. The van der Waals surface area contributed by atoms with Crippen molar-refractivity contribution in [3.05, 3.63) is 57.4 Å². The number of fused-ring (bicyclic) bond motifs is 5. The Morgan fingerprint density at radius 2 is 1.42 bits per heavy atom. The largest absolute Gasteiger partial charge is 0.514 e. The lowest BCUT2D eigenvalue weighted by atomic mass is 9.85. The van der Waals surface area contributed by atoms with Gasteiger partial charge in [0.1, 0.15) is 29.6 Å². The SMILES string of the molecule is CCCCCCCCCCCCCCCCC(NC(=O)CCC(=O)O[C@]1(CC)C(=O)OCc2c1cc1n(c2=O)Cc2cc3cc(OC(=O)OC(C)(C)C)ccc3nc2-1)C(=O)OC(C)(C)C. The maximum atomic E-state index is 14.1. The summed E-state index contributed by atoms with van der Waals surface area (Å²) in [5.74, 6) is -2.47. The first-order chi connectivity index (χ1) is 30.8. The number of ether oxygens (including phenoxy) is 5. The van der Waals surface area contributed by atoms with E-state index >= 15 is 0 Å². The second kappa shape index (κ2) is 22.8. The number of cyclic esters (lactones) is 1. The third-order valence-electron chi connectivity index (χ3n) is 11.8. The maximum absolute atomic E-state index is 14.1. The molecule has 1 N–H and O–H groups in total. The van der Waals surface area contributed by atoms with Crippen molar-refractivity contribution in [1.82, 2.24) is 14.9 Å². The molecule has 3 aromatic rings. The molecule has 1 amide bonds. The number of nitrogens with one attached hydrogen (secondary N) is 1. The van der Waals surface area contributed by atoms with E-state index in [0.717, 1.165) is 31.2 Å². The smallest absolute Gasteiger partial charge is 0.458 e. The monoisotopic (exact) mass is 902 g/mol. The molecule has 2 aromatic heterocycles. The second-order valence-corrected chi connectivity index (χ2v) is 19.5. The Morgan fingerprint density at radius 3 is 2.02 bits per heavy atom. The van der Waals surface area contributed by atoms with Gasteiger partial charge in [0, 0.05) is 22.9 Å². The molecule has 2 aliphatic heterocycles. The van der Waals surface area contributed by atoms with E-state index in [2.05, 4.69) is 12.2 Å². The predicted molar refractivity (Wildman–Crippen MR) is 247 cm³/mol. The van der Waals surface area contributed by atoms with Crippen LogP contribution in [0.5, 0.6) is 5.75 Å². The molecule has 2 aliphatic rings. The summed E-state index contributed by atoms with van der Waals surface area (Å²) in [7, 11) is 0. The molecule has 0 radical (unpaired) electrons. The van der Waals surface area contributed by atoms with Crippen LogP contribution in [0.4, 0.5) is 4.79 Å². The van der Waals surface area contributed by atoms with Crippen molar-refractivity contribution in [1.29, 1.82) is 0 Å². The number of carbonyl (C=O) groups is 5. The molecular formula is C51H71N3O11. The predicted octanol–water partition coefficient (Wildman–Crippen LogP) is 10.4. The van der Waals surface area contributed by atoms with Crippen LogP contribution < -0.4 is 15.6 Å². The van der Waals surface area contributed by atoms with Gasteiger partial charge in [-0.2, -0.15) is 0 Å². The molecule has 2 atom stereocenters. The Labute approximate surface area is 383 Å². The fraction of sp³-hybridized carbons (Fsp3) is 0.627. The molecule has 1 unspecified atom stereocenters. The van der Waals surface area contributed by atoms with Gasteiger partial charge < -0.3 is 33.6 Å². The first kappa shape index (κ1) is 50.7. The number of unbranched alkanes of at least 4 members (excludes halogenated alkanes) is 13. The number of rotatable bonds is 23. The third kappa shape index (κ3) is 14.1. The average molecular weight is 902 g/mol. The molecule has 1 aromatic carbocycles. The van der Waals surface area contributed by atoms with E-state index in [1.54, 1.807) is 77.3 Å². The van der Waals surface area contributed by atoms with Crippen LogP contribution in [0.15, 0.2) is 35.1 Å². The molecule has 5 rings (SSSR count). The molecule has 65 heavy (non-hydrogen) atoms. The van der Waals surface area contributed by atoms with E-state index in [1.807, 2.05) is 6.07 Å². The summed E-state index contributed by atoms with van der Waals surface area (Å²) in [6.07, 6.45) is 15.6. The Balaban J connectivity index is 1.19. The van der Waals surface area contributed by atoms with E-state index in [-0.39, 0.29) is 42.9 Å². The summed E-state index contributed by atoms with van der Waals surface area (Å²) in [6, 6.07) is 7.59. The molecule has 14 nitrogen and oxygen atoms in total. The normalized spacial score (nSPS) is 15.9. The standard InChI is InChI=1S/C51H71N3O11/c1-9-11-12-13-14-15-16-17-18-19-20-21-22-23-24-40(46(58)64-49(3,4)5)52-42(55)27-28-43(56)63-51(10-2)38-31-41-44-35(32-54(41)45(57)37(38)33-61-47(51)59)29-34-30-36(25-26-39(34)53-44)62-48(60)65-50(6,7)8/h25-26,29-31,40H,9-24,27-28,32-33H2,1-8H3,(H,52,55)/t40?,51-/m0/s1. The van der Waals surface area contributed by atoms with Crippen molar-refractivity contribution in [2.24, 2.45) is 0 Å². The van der Waals surface area contributed by atoms with Gasteiger partial charge in [-0.25, -0.2) is 19.4 Å². The minimum absolute atomic E-state index is 0.0436. The van der Waals surface area contributed by atoms with Crippen LogP contribution in [-0.4, -0.2) is 56.8 Å².